The molecule has 0 fully saturated rings. The maximum absolute atomic E-state index is 12.5. The molecule has 2 aromatic rings. The van der Waals surface area contributed by atoms with Crippen molar-refractivity contribution in [2.45, 2.75) is 4.90 Å². The second kappa shape index (κ2) is 5.22. The molecular formula is C13H13ClN2O3S. The van der Waals surface area contributed by atoms with Crippen molar-refractivity contribution in [2.24, 2.45) is 0 Å². The molecule has 0 heterocycles. The number of phenolic OH excluding ortho intramolecular Hbond substituents is 1. The van der Waals surface area contributed by atoms with Gasteiger partial charge in [-0.15, -0.1) is 0 Å². The maximum Gasteiger partial charge on any atom is 0.266 e. The standard InChI is InChI=1S/C13H13ClN2O3S/c1-16(10-3-2-4-11(17)8-10)20(18,19)13-6-5-9(14)7-12(13)15/h2-8,17H,15H2,1H3. The third-order valence-corrected chi connectivity index (χ3v) is 4.90. The van der Waals surface area contributed by atoms with E-state index >= 15 is 0 Å². The normalized spacial score (nSPS) is 11.3. The van der Waals surface area contributed by atoms with Gasteiger partial charge in [-0.25, -0.2) is 8.42 Å². The lowest BCUT2D eigenvalue weighted by molar-refractivity contribution is 0.475. The van der Waals surface area contributed by atoms with Crippen molar-refractivity contribution in [3.8, 4) is 5.75 Å². The van der Waals surface area contributed by atoms with Crippen LogP contribution in [0.3, 0.4) is 0 Å². The lowest BCUT2D eigenvalue weighted by Gasteiger charge is -2.20. The Balaban J connectivity index is 2.49. The van der Waals surface area contributed by atoms with Gasteiger partial charge in [-0.3, -0.25) is 4.31 Å². The molecule has 0 aliphatic rings. The first-order valence-electron chi connectivity index (χ1n) is 5.65. The van der Waals surface area contributed by atoms with E-state index in [0.29, 0.717) is 10.7 Å². The van der Waals surface area contributed by atoms with Gasteiger partial charge in [-0.05, 0) is 30.3 Å². The summed E-state index contributed by atoms with van der Waals surface area (Å²) in [5.74, 6) is -0.0198. The molecule has 20 heavy (non-hydrogen) atoms. The summed E-state index contributed by atoms with van der Waals surface area (Å²) in [6.07, 6.45) is 0. The summed E-state index contributed by atoms with van der Waals surface area (Å²) in [5, 5.41) is 9.79. The van der Waals surface area contributed by atoms with Crippen LogP contribution in [0.2, 0.25) is 5.02 Å². The molecule has 0 aromatic heterocycles. The highest BCUT2D eigenvalue weighted by molar-refractivity contribution is 7.93. The first-order chi connectivity index (χ1) is 9.32. The number of sulfonamides is 1. The van der Waals surface area contributed by atoms with Crippen molar-refractivity contribution in [1.82, 2.24) is 0 Å². The van der Waals surface area contributed by atoms with Crippen molar-refractivity contribution in [3.63, 3.8) is 0 Å². The van der Waals surface area contributed by atoms with Gasteiger partial charge in [0.1, 0.15) is 10.6 Å². The molecule has 3 N–H and O–H groups in total. The van der Waals surface area contributed by atoms with Crippen LogP contribution in [0.15, 0.2) is 47.4 Å². The Morgan fingerprint density at radius 1 is 1.20 bits per heavy atom. The van der Waals surface area contributed by atoms with Gasteiger partial charge in [0.25, 0.3) is 10.0 Å². The second-order valence-electron chi connectivity index (χ2n) is 4.17. The quantitative estimate of drug-likeness (QED) is 0.853. The molecule has 0 unspecified atom stereocenters. The number of rotatable bonds is 3. The molecule has 0 aliphatic heterocycles. The number of anilines is 2. The molecule has 0 saturated carbocycles. The summed E-state index contributed by atoms with van der Waals surface area (Å²) in [6.45, 7) is 0. The van der Waals surface area contributed by atoms with E-state index in [1.54, 1.807) is 12.1 Å². The van der Waals surface area contributed by atoms with Crippen LogP contribution < -0.4 is 10.0 Å². The van der Waals surface area contributed by atoms with Crippen molar-refractivity contribution in [2.75, 3.05) is 17.1 Å². The maximum atomic E-state index is 12.5. The molecular weight excluding hydrogens is 300 g/mol. The molecule has 2 aromatic carbocycles. The lowest BCUT2D eigenvalue weighted by Crippen LogP contribution is -2.27. The fourth-order valence-corrected chi connectivity index (χ4v) is 3.19. The zero-order chi connectivity index (χ0) is 14.9. The number of nitrogen functional groups attached to an aromatic ring is 1. The first-order valence-corrected chi connectivity index (χ1v) is 7.47. The van der Waals surface area contributed by atoms with Crippen LogP contribution in [0.25, 0.3) is 0 Å². The molecule has 7 heteroatoms. The highest BCUT2D eigenvalue weighted by Gasteiger charge is 2.24. The number of hydrogen-bond acceptors (Lipinski definition) is 4. The van der Waals surface area contributed by atoms with E-state index < -0.39 is 10.0 Å². The van der Waals surface area contributed by atoms with Gasteiger partial charge < -0.3 is 10.8 Å². The van der Waals surface area contributed by atoms with E-state index in [4.69, 9.17) is 17.3 Å². The van der Waals surface area contributed by atoms with Gasteiger partial charge in [0.2, 0.25) is 0 Å². The number of phenols is 1. The van der Waals surface area contributed by atoms with Crippen LogP contribution in [-0.4, -0.2) is 20.6 Å². The molecule has 0 bridgehead atoms. The molecule has 0 atom stereocenters. The molecule has 5 nitrogen and oxygen atoms in total. The number of nitrogens with zero attached hydrogens (tertiary/aromatic N) is 1. The van der Waals surface area contributed by atoms with E-state index in [-0.39, 0.29) is 16.3 Å². The van der Waals surface area contributed by atoms with Crippen LogP contribution in [0.1, 0.15) is 0 Å². The zero-order valence-corrected chi connectivity index (χ0v) is 12.2. The van der Waals surface area contributed by atoms with Crippen LogP contribution in [0.5, 0.6) is 5.75 Å². The largest absolute Gasteiger partial charge is 0.508 e. The minimum Gasteiger partial charge on any atom is -0.508 e. The minimum absolute atomic E-state index is 0.0198. The molecule has 0 aliphatic carbocycles. The molecule has 0 radical (unpaired) electrons. The number of aromatic hydroxyl groups is 1. The van der Waals surface area contributed by atoms with E-state index in [2.05, 4.69) is 0 Å². The van der Waals surface area contributed by atoms with E-state index in [0.717, 1.165) is 4.31 Å². The predicted molar refractivity (Wildman–Crippen MR) is 79.6 cm³/mol. The van der Waals surface area contributed by atoms with Crippen LogP contribution in [0.4, 0.5) is 11.4 Å². The smallest absolute Gasteiger partial charge is 0.266 e. The Bertz CT molecular complexity index is 747. The van der Waals surface area contributed by atoms with Gasteiger partial charge >= 0.3 is 0 Å². The average molecular weight is 313 g/mol. The Labute approximate surface area is 122 Å². The van der Waals surface area contributed by atoms with Crippen molar-refractivity contribution < 1.29 is 13.5 Å². The number of benzene rings is 2. The third-order valence-electron chi connectivity index (χ3n) is 2.80. The topological polar surface area (TPSA) is 83.6 Å². The number of halogens is 1. The number of hydrogen-bond donors (Lipinski definition) is 2. The van der Waals surface area contributed by atoms with Gasteiger partial charge in [0.15, 0.2) is 0 Å². The minimum atomic E-state index is -3.82. The lowest BCUT2D eigenvalue weighted by atomic mass is 10.3. The molecule has 0 spiro atoms. The Morgan fingerprint density at radius 3 is 2.50 bits per heavy atom. The fraction of sp³-hybridized carbons (Fsp3) is 0.0769. The SMILES string of the molecule is CN(c1cccc(O)c1)S(=O)(=O)c1ccc(Cl)cc1N. The van der Waals surface area contributed by atoms with E-state index in [1.807, 2.05) is 0 Å². The van der Waals surface area contributed by atoms with Gasteiger partial charge in [0, 0.05) is 18.1 Å². The van der Waals surface area contributed by atoms with E-state index in [9.17, 15) is 13.5 Å². The van der Waals surface area contributed by atoms with Crippen molar-refractivity contribution >= 4 is 33.0 Å². The summed E-state index contributed by atoms with van der Waals surface area (Å²) in [4.78, 5) is -0.0345. The summed E-state index contributed by atoms with van der Waals surface area (Å²) < 4.78 is 26.0. The summed E-state index contributed by atoms with van der Waals surface area (Å²) in [6, 6.07) is 10.1. The molecule has 2 rings (SSSR count). The van der Waals surface area contributed by atoms with Gasteiger partial charge in [-0.1, -0.05) is 17.7 Å². The van der Waals surface area contributed by atoms with E-state index in [1.165, 1.54) is 37.4 Å². The summed E-state index contributed by atoms with van der Waals surface area (Å²) in [7, 11) is -2.43. The van der Waals surface area contributed by atoms with Crippen LogP contribution in [0, 0.1) is 0 Å². The Hall–Kier alpha value is -1.92. The van der Waals surface area contributed by atoms with Crippen molar-refractivity contribution in [3.05, 3.63) is 47.5 Å². The summed E-state index contributed by atoms with van der Waals surface area (Å²) >= 11 is 5.76. The second-order valence-corrected chi connectivity index (χ2v) is 6.55. The highest BCUT2D eigenvalue weighted by Crippen LogP contribution is 2.29. The predicted octanol–water partition coefficient (Wildman–Crippen LogP) is 2.45. The zero-order valence-electron chi connectivity index (χ0n) is 10.6. The van der Waals surface area contributed by atoms with Crippen LogP contribution >= 0.6 is 11.6 Å². The highest BCUT2D eigenvalue weighted by atomic mass is 35.5. The third kappa shape index (κ3) is 2.66. The van der Waals surface area contributed by atoms with Gasteiger partial charge in [0.05, 0.1) is 11.4 Å². The van der Waals surface area contributed by atoms with Crippen molar-refractivity contribution in [1.29, 1.82) is 0 Å². The van der Waals surface area contributed by atoms with Crippen LogP contribution in [-0.2, 0) is 10.0 Å². The first kappa shape index (κ1) is 14.5. The Kier molecular flexibility index (Phi) is 3.78. The average Bonchev–Trinajstić information content (AvgIpc) is 2.37. The molecule has 106 valence electrons. The fourth-order valence-electron chi connectivity index (χ4n) is 1.73. The Morgan fingerprint density at radius 2 is 1.90 bits per heavy atom. The molecule has 0 amide bonds. The summed E-state index contributed by atoms with van der Waals surface area (Å²) in [5.41, 5.74) is 6.12. The molecule has 0 saturated heterocycles. The monoisotopic (exact) mass is 312 g/mol. The number of nitrogens with two attached hydrogens (primary N) is 1. The van der Waals surface area contributed by atoms with Gasteiger partial charge in [-0.2, -0.15) is 0 Å².